The third-order valence-electron chi connectivity index (χ3n) is 3.76. The van der Waals surface area contributed by atoms with Crippen LogP contribution in [0.3, 0.4) is 0 Å². The summed E-state index contributed by atoms with van der Waals surface area (Å²) in [5.41, 5.74) is 0.0805. The van der Waals surface area contributed by atoms with Gasteiger partial charge in [0.2, 0.25) is 5.91 Å². The summed E-state index contributed by atoms with van der Waals surface area (Å²) in [5, 5.41) is 28.3. The smallest absolute Gasteiger partial charge is 0.254 e. The van der Waals surface area contributed by atoms with Crippen LogP contribution in [0, 0.1) is 0 Å². The van der Waals surface area contributed by atoms with Crippen LogP contribution in [-0.2, 0) is 9.53 Å². The molecule has 1 aliphatic heterocycles. The largest absolute Gasteiger partial charge is 0.504 e. The van der Waals surface area contributed by atoms with Crippen molar-refractivity contribution in [3.63, 3.8) is 0 Å². The molecular formula is C15H20N2O6. The number of hydrogen-bond donors (Lipinski definition) is 3. The van der Waals surface area contributed by atoms with Gasteiger partial charge < -0.3 is 29.9 Å². The number of hydrogen-bond acceptors (Lipinski definition) is 6. The van der Waals surface area contributed by atoms with Gasteiger partial charge in [0.05, 0.1) is 13.0 Å². The number of phenols is 3. The zero-order chi connectivity index (χ0) is 17.0. The van der Waals surface area contributed by atoms with Gasteiger partial charge in [-0.2, -0.15) is 0 Å². The maximum Gasteiger partial charge on any atom is 0.254 e. The lowest BCUT2D eigenvalue weighted by Gasteiger charge is -2.35. The fraction of sp³-hybridized carbons (Fsp3) is 0.467. The quantitative estimate of drug-likeness (QED) is 0.679. The van der Waals surface area contributed by atoms with Crippen molar-refractivity contribution in [1.82, 2.24) is 9.80 Å². The Labute approximate surface area is 133 Å². The lowest BCUT2D eigenvalue weighted by Crippen LogP contribution is -2.50. The lowest BCUT2D eigenvalue weighted by atomic mass is 10.1. The Bertz CT molecular complexity index is 573. The van der Waals surface area contributed by atoms with Gasteiger partial charge >= 0.3 is 0 Å². The summed E-state index contributed by atoms with van der Waals surface area (Å²) < 4.78 is 4.87. The lowest BCUT2D eigenvalue weighted by molar-refractivity contribution is -0.133. The van der Waals surface area contributed by atoms with E-state index in [0.717, 1.165) is 12.1 Å². The van der Waals surface area contributed by atoms with Gasteiger partial charge in [-0.3, -0.25) is 9.59 Å². The zero-order valence-electron chi connectivity index (χ0n) is 12.9. The Morgan fingerprint density at radius 2 is 1.57 bits per heavy atom. The van der Waals surface area contributed by atoms with Crippen LogP contribution in [0.2, 0.25) is 0 Å². The maximum absolute atomic E-state index is 12.4. The van der Waals surface area contributed by atoms with E-state index in [2.05, 4.69) is 0 Å². The third kappa shape index (κ3) is 3.84. The van der Waals surface area contributed by atoms with Crippen LogP contribution >= 0.6 is 0 Å². The number of ether oxygens (including phenoxy) is 1. The Morgan fingerprint density at radius 1 is 1.04 bits per heavy atom. The van der Waals surface area contributed by atoms with Crippen LogP contribution in [0.5, 0.6) is 17.2 Å². The summed E-state index contributed by atoms with van der Waals surface area (Å²) in [6.45, 7) is 1.93. The number of amides is 2. The van der Waals surface area contributed by atoms with Crippen molar-refractivity contribution in [2.45, 2.75) is 6.42 Å². The Kier molecular flexibility index (Phi) is 5.28. The number of phenolic OH excluding ortho intramolecular Hbond substituents is 3. The van der Waals surface area contributed by atoms with Gasteiger partial charge in [0.1, 0.15) is 0 Å². The molecule has 2 rings (SSSR count). The number of piperazine rings is 1. The average molecular weight is 324 g/mol. The van der Waals surface area contributed by atoms with Crippen molar-refractivity contribution in [2.24, 2.45) is 0 Å². The van der Waals surface area contributed by atoms with Crippen molar-refractivity contribution in [3.05, 3.63) is 17.7 Å². The predicted molar refractivity (Wildman–Crippen MR) is 80.4 cm³/mol. The van der Waals surface area contributed by atoms with Gasteiger partial charge in [-0.1, -0.05) is 0 Å². The molecule has 0 atom stereocenters. The van der Waals surface area contributed by atoms with Gasteiger partial charge in [0.25, 0.3) is 5.91 Å². The van der Waals surface area contributed by atoms with E-state index in [1.165, 1.54) is 12.0 Å². The molecule has 0 saturated carbocycles. The van der Waals surface area contributed by atoms with Gasteiger partial charge in [0.15, 0.2) is 17.2 Å². The summed E-state index contributed by atoms with van der Waals surface area (Å²) in [5.74, 6) is -2.16. The molecule has 1 heterocycles. The highest BCUT2D eigenvalue weighted by atomic mass is 16.5. The minimum absolute atomic E-state index is 0.0149. The number of aromatic hydroxyl groups is 3. The molecule has 0 aliphatic carbocycles. The topological polar surface area (TPSA) is 111 Å². The molecule has 3 N–H and O–H groups in total. The molecule has 0 radical (unpaired) electrons. The SMILES string of the molecule is COCCC(=O)N1CCN(C(=O)c2cc(O)c(O)c(O)c2)CC1. The van der Waals surface area contributed by atoms with E-state index in [0.29, 0.717) is 39.2 Å². The molecule has 1 aromatic carbocycles. The van der Waals surface area contributed by atoms with Crippen LogP contribution in [0.4, 0.5) is 0 Å². The van der Waals surface area contributed by atoms with Crippen LogP contribution in [-0.4, -0.2) is 76.8 Å². The molecule has 1 saturated heterocycles. The summed E-state index contributed by atoms with van der Waals surface area (Å²) in [6.07, 6.45) is 0.310. The van der Waals surface area contributed by atoms with Gasteiger partial charge in [0, 0.05) is 38.9 Å². The van der Waals surface area contributed by atoms with E-state index in [9.17, 15) is 24.9 Å². The average Bonchev–Trinajstić information content (AvgIpc) is 2.56. The molecule has 1 aliphatic rings. The molecule has 2 amide bonds. The molecule has 0 aromatic heterocycles. The highest BCUT2D eigenvalue weighted by molar-refractivity contribution is 5.95. The van der Waals surface area contributed by atoms with Gasteiger partial charge in [-0.15, -0.1) is 0 Å². The maximum atomic E-state index is 12.4. The molecule has 8 nitrogen and oxygen atoms in total. The highest BCUT2D eigenvalue weighted by Gasteiger charge is 2.25. The number of methoxy groups -OCH3 is 1. The van der Waals surface area contributed by atoms with E-state index in [1.54, 1.807) is 4.90 Å². The predicted octanol–water partition coefficient (Wildman–Crippen LogP) is 0.124. The third-order valence-corrected chi connectivity index (χ3v) is 3.76. The molecule has 0 spiro atoms. The summed E-state index contributed by atoms with van der Waals surface area (Å²) in [4.78, 5) is 27.4. The van der Waals surface area contributed by atoms with E-state index < -0.39 is 17.2 Å². The first-order chi connectivity index (χ1) is 10.9. The van der Waals surface area contributed by atoms with E-state index in [4.69, 9.17) is 4.74 Å². The van der Waals surface area contributed by atoms with Gasteiger partial charge in [-0.25, -0.2) is 0 Å². The zero-order valence-corrected chi connectivity index (χ0v) is 12.9. The fourth-order valence-corrected chi connectivity index (χ4v) is 2.42. The summed E-state index contributed by atoms with van der Waals surface area (Å²) in [6, 6.07) is 2.21. The van der Waals surface area contributed by atoms with Crippen LogP contribution in [0.1, 0.15) is 16.8 Å². The number of rotatable bonds is 4. The van der Waals surface area contributed by atoms with E-state index in [-0.39, 0.29) is 17.4 Å². The van der Waals surface area contributed by atoms with Crippen LogP contribution in [0.15, 0.2) is 12.1 Å². The number of carbonyl (C=O) groups excluding carboxylic acids is 2. The minimum Gasteiger partial charge on any atom is -0.504 e. The number of carbonyl (C=O) groups is 2. The van der Waals surface area contributed by atoms with Crippen molar-refractivity contribution in [3.8, 4) is 17.2 Å². The van der Waals surface area contributed by atoms with Crippen molar-refractivity contribution >= 4 is 11.8 Å². The summed E-state index contributed by atoms with van der Waals surface area (Å²) >= 11 is 0. The molecule has 1 aromatic rings. The second kappa shape index (κ2) is 7.19. The Balaban J connectivity index is 1.97. The Morgan fingerprint density at radius 3 is 2.09 bits per heavy atom. The standard InChI is InChI=1S/C15H20N2O6/c1-23-7-2-13(20)16-3-5-17(6-4-16)15(22)10-8-11(18)14(21)12(19)9-10/h8-9,18-19,21H,2-7H2,1H3. The number of benzene rings is 1. The number of nitrogens with zero attached hydrogens (tertiary/aromatic N) is 2. The van der Waals surface area contributed by atoms with Crippen LogP contribution in [0.25, 0.3) is 0 Å². The fourth-order valence-electron chi connectivity index (χ4n) is 2.42. The van der Waals surface area contributed by atoms with Crippen LogP contribution < -0.4 is 0 Å². The molecule has 0 bridgehead atoms. The Hall–Kier alpha value is -2.48. The first kappa shape index (κ1) is 16.9. The molecule has 23 heavy (non-hydrogen) atoms. The summed E-state index contributed by atoms with van der Waals surface area (Å²) in [7, 11) is 1.53. The van der Waals surface area contributed by atoms with Crippen molar-refractivity contribution in [2.75, 3.05) is 39.9 Å². The van der Waals surface area contributed by atoms with Gasteiger partial charge in [-0.05, 0) is 12.1 Å². The van der Waals surface area contributed by atoms with Crippen molar-refractivity contribution in [1.29, 1.82) is 0 Å². The second-order valence-corrected chi connectivity index (χ2v) is 5.28. The molecule has 0 unspecified atom stereocenters. The molecular weight excluding hydrogens is 304 g/mol. The highest BCUT2D eigenvalue weighted by Crippen LogP contribution is 2.35. The van der Waals surface area contributed by atoms with Crippen molar-refractivity contribution < 1.29 is 29.6 Å². The molecule has 126 valence electrons. The minimum atomic E-state index is -0.657. The molecule has 1 fully saturated rings. The normalized spacial score (nSPS) is 14.8. The first-order valence-corrected chi connectivity index (χ1v) is 7.25. The first-order valence-electron chi connectivity index (χ1n) is 7.25. The monoisotopic (exact) mass is 324 g/mol. The second-order valence-electron chi connectivity index (χ2n) is 5.28. The van der Waals surface area contributed by atoms with E-state index in [1.807, 2.05) is 0 Å². The molecule has 8 heteroatoms. The van der Waals surface area contributed by atoms with E-state index >= 15 is 0 Å².